The highest BCUT2D eigenvalue weighted by atomic mass is 16.5. The van der Waals surface area contributed by atoms with Gasteiger partial charge in [-0.1, -0.05) is 26.2 Å². The van der Waals surface area contributed by atoms with Crippen LogP contribution in [0.4, 0.5) is 0 Å². The molecule has 1 atom stereocenters. The monoisotopic (exact) mass is 279 g/mol. The largest absolute Gasteiger partial charge is 0.494 e. The van der Waals surface area contributed by atoms with Crippen LogP contribution in [0.2, 0.25) is 0 Å². The molecule has 0 heterocycles. The fraction of sp³-hybridized carbons (Fsp3) is 0.647. The highest BCUT2D eigenvalue weighted by Crippen LogP contribution is 2.17. The van der Waals surface area contributed by atoms with E-state index < -0.39 is 0 Å². The Bertz CT molecular complexity index is 337. The lowest BCUT2D eigenvalue weighted by Gasteiger charge is -2.14. The number of hydrogen-bond acceptors (Lipinski definition) is 3. The molecule has 0 spiro atoms. The zero-order valence-electron chi connectivity index (χ0n) is 13.2. The van der Waals surface area contributed by atoms with Crippen LogP contribution in [0.1, 0.15) is 46.5 Å². The molecule has 1 unspecified atom stereocenters. The standard InChI is InChI=1S/C17H29NO2/c1-4-6-7-8-15(3)18-13-14-20-17-11-9-16(10-12-17)19-5-2/h9-12,15,18H,4-8,13-14H2,1-3H3. The number of rotatable bonds is 11. The molecule has 0 aromatic heterocycles. The Morgan fingerprint density at radius 3 is 2.25 bits per heavy atom. The van der Waals surface area contributed by atoms with Crippen LogP contribution in [0, 0.1) is 0 Å². The maximum absolute atomic E-state index is 5.70. The van der Waals surface area contributed by atoms with Gasteiger partial charge in [-0.25, -0.2) is 0 Å². The number of hydrogen-bond donors (Lipinski definition) is 1. The molecule has 0 saturated heterocycles. The van der Waals surface area contributed by atoms with Gasteiger partial charge in [-0.05, 0) is 44.5 Å². The van der Waals surface area contributed by atoms with Gasteiger partial charge in [-0.15, -0.1) is 0 Å². The van der Waals surface area contributed by atoms with E-state index in [9.17, 15) is 0 Å². The summed E-state index contributed by atoms with van der Waals surface area (Å²) < 4.78 is 11.1. The van der Waals surface area contributed by atoms with E-state index >= 15 is 0 Å². The van der Waals surface area contributed by atoms with Crippen LogP contribution < -0.4 is 14.8 Å². The summed E-state index contributed by atoms with van der Waals surface area (Å²) in [5, 5.41) is 3.49. The van der Waals surface area contributed by atoms with E-state index in [4.69, 9.17) is 9.47 Å². The first-order chi connectivity index (χ1) is 9.76. The molecule has 0 fully saturated rings. The Kier molecular flexibility index (Phi) is 8.88. The van der Waals surface area contributed by atoms with E-state index in [1.54, 1.807) is 0 Å². The summed E-state index contributed by atoms with van der Waals surface area (Å²) in [6, 6.07) is 8.37. The van der Waals surface area contributed by atoms with Gasteiger partial charge in [0.05, 0.1) is 6.61 Å². The van der Waals surface area contributed by atoms with Crippen molar-refractivity contribution in [3.63, 3.8) is 0 Å². The summed E-state index contributed by atoms with van der Waals surface area (Å²) >= 11 is 0. The molecule has 3 nitrogen and oxygen atoms in total. The molecule has 3 heteroatoms. The molecule has 0 aliphatic carbocycles. The first kappa shape index (κ1) is 16.8. The van der Waals surface area contributed by atoms with E-state index in [1.165, 1.54) is 25.7 Å². The molecule has 114 valence electrons. The lowest BCUT2D eigenvalue weighted by Crippen LogP contribution is -2.30. The SMILES string of the molecule is CCCCCC(C)NCCOc1ccc(OCC)cc1. The van der Waals surface area contributed by atoms with Crippen LogP contribution in [0.15, 0.2) is 24.3 Å². The van der Waals surface area contributed by atoms with Crippen LogP contribution in [0.3, 0.4) is 0 Å². The maximum atomic E-state index is 5.70. The normalized spacial score (nSPS) is 12.2. The predicted octanol–water partition coefficient (Wildman–Crippen LogP) is 4.02. The Labute approximate surface area is 123 Å². The van der Waals surface area contributed by atoms with Crippen LogP contribution in [0.5, 0.6) is 11.5 Å². The highest BCUT2D eigenvalue weighted by Gasteiger charge is 2.01. The third-order valence-corrected chi connectivity index (χ3v) is 3.24. The lowest BCUT2D eigenvalue weighted by atomic mass is 10.1. The molecule has 0 saturated carbocycles. The molecule has 1 aromatic rings. The second kappa shape index (κ2) is 10.6. The molecule has 1 rings (SSSR count). The number of unbranched alkanes of at least 4 members (excludes halogenated alkanes) is 2. The topological polar surface area (TPSA) is 30.5 Å². The molecule has 0 bridgehead atoms. The number of ether oxygens (including phenoxy) is 2. The first-order valence-corrected chi connectivity index (χ1v) is 7.85. The fourth-order valence-corrected chi connectivity index (χ4v) is 2.08. The number of benzene rings is 1. The third-order valence-electron chi connectivity index (χ3n) is 3.24. The van der Waals surface area contributed by atoms with E-state index in [0.717, 1.165) is 18.0 Å². The summed E-state index contributed by atoms with van der Waals surface area (Å²) in [7, 11) is 0. The van der Waals surface area contributed by atoms with Gasteiger partial charge in [0.1, 0.15) is 18.1 Å². The zero-order valence-corrected chi connectivity index (χ0v) is 13.2. The molecule has 20 heavy (non-hydrogen) atoms. The smallest absolute Gasteiger partial charge is 0.119 e. The highest BCUT2D eigenvalue weighted by molar-refractivity contribution is 5.31. The van der Waals surface area contributed by atoms with Crippen molar-refractivity contribution in [2.45, 2.75) is 52.5 Å². The predicted molar refractivity (Wildman–Crippen MR) is 84.7 cm³/mol. The molecule has 1 N–H and O–H groups in total. The van der Waals surface area contributed by atoms with Crippen molar-refractivity contribution in [3.8, 4) is 11.5 Å². The second-order valence-electron chi connectivity index (χ2n) is 5.10. The van der Waals surface area contributed by atoms with Crippen molar-refractivity contribution in [3.05, 3.63) is 24.3 Å². The van der Waals surface area contributed by atoms with Crippen molar-refractivity contribution in [2.75, 3.05) is 19.8 Å². The van der Waals surface area contributed by atoms with Crippen LogP contribution in [0.25, 0.3) is 0 Å². The number of nitrogens with one attached hydrogen (secondary N) is 1. The summed E-state index contributed by atoms with van der Waals surface area (Å²) in [4.78, 5) is 0. The minimum atomic E-state index is 0.575. The van der Waals surface area contributed by atoms with Crippen molar-refractivity contribution >= 4 is 0 Å². The Morgan fingerprint density at radius 2 is 1.65 bits per heavy atom. The van der Waals surface area contributed by atoms with Gasteiger partial charge in [-0.3, -0.25) is 0 Å². The van der Waals surface area contributed by atoms with Crippen molar-refractivity contribution < 1.29 is 9.47 Å². The summed E-state index contributed by atoms with van der Waals surface area (Å²) in [6.45, 7) is 8.75. The van der Waals surface area contributed by atoms with Crippen molar-refractivity contribution in [1.29, 1.82) is 0 Å². The van der Waals surface area contributed by atoms with Crippen LogP contribution in [-0.2, 0) is 0 Å². The summed E-state index contributed by atoms with van der Waals surface area (Å²) in [5.74, 6) is 1.79. The average Bonchev–Trinajstić information content (AvgIpc) is 2.46. The van der Waals surface area contributed by atoms with Gasteiger partial charge in [-0.2, -0.15) is 0 Å². The van der Waals surface area contributed by atoms with Gasteiger partial charge in [0.15, 0.2) is 0 Å². The third kappa shape index (κ3) is 7.39. The van der Waals surface area contributed by atoms with Gasteiger partial charge in [0, 0.05) is 12.6 Å². The van der Waals surface area contributed by atoms with Crippen molar-refractivity contribution in [2.24, 2.45) is 0 Å². The average molecular weight is 279 g/mol. The Balaban J connectivity index is 2.11. The molecule has 0 aliphatic heterocycles. The minimum absolute atomic E-state index is 0.575. The fourth-order valence-electron chi connectivity index (χ4n) is 2.08. The second-order valence-corrected chi connectivity index (χ2v) is 5.10. The Morgan fingerprint density at radius 1 is 1.00 bits per heavy atom. The van der Waals surface area contributed by atoms with E-state index in [1.807, 2.05) is 31.2 Å². The first-order valence-electron chi connectivity index (χ1n) is 7.85. The van der Waals surface area contributed by atoms with Gasteiger partial charge >= 0.3 is 0 Å². The molecule has 0 aliphatic rings. The molecular formula is C17H29NO2. The van der Waals surface area contributed by atoms with Crippen LogP contribution >= 0.6 is 0 Å². The maximum Gasteiger partial charge on any atom is 0.119 e. The quantitative estimate of drug-likeness (QED) is 0.621. The summed E-state index contributed by atoms with van der Waals surface area (Å²) in [6.07, 6.45) is 5.17. The van der Waals surface area contributed by atoms with E-state index in [-0.39, 0.29) is 0 Å². The van der Waals surface area contributed by atoms with Gasteiger partial charge in [0.25, 0.3) is 0 Å². The zero-order chi connectivity index (χ0) is 14.6. The minimum Gasteiger partial charge on any atom is -0.494 e. The molecule has 0 radical (unpaired) electrons. The van der Waals surface area contributed by atoms with Crippen molar-refractivity contribution in [1.82, 2.24) is 5.32 Å². The molecule has 1 aromatic carbocycles. The summed E-state index contributed by atoms with van der Waals surface area (Å²) in [5.41, 5.74) is 0. The van der Waals surface area contributed by atoms with Gasteiger partial charge in [0.2, 0.25) is 0 Å². The molecular weight excluding hydrogens is 250 g/mol. The lowest BCUT2D eigenvalue weighted by molar-refractivity contribution is 0.302. The van der Waals surface area contributed by atoms with E-state index in [0.29, 0.717) is 19.3 Å². The van der Waals surface area contributed by atoms with Crippen LogP contribution in [-0.4, -0.2) is 25.8 Å². The Hall–Kier alpha value is -1.22. The van der Waals surface area contributed by atoms with E-state index in [2.05, 4.69) is 19.2 Å². The van der Waals surface area contributed by atoms with Gasteiger partial charge < -0.3 is 14.8 Å². The molecule has 0 amide bonds.